The number of benzene rings is 3. The SMILES string of the molecule is C#C[C@](CC#C[Si](CC)(CC)CC)(O[Si](CC)(CC)CC)[C@H](CO[Si](c1ccccc1)(c1ccccc1)C(C)(C)C)Cc1ccc(OC)cc1. The molecule has 0 aromatic heterocycles. The normalized spacial score (nSPS) is 14.2. The van der Waals surface area contributed by atoms with Gasteiger partial charge in [0.25, 0.3) is 8.32 Å². The largest absolute Gasteiger partial charge is 0.497 e. The fourth-order valence-corrected chi connectivity index (χ4v) is 17.7. The van der Waals surface area contributed by atoms with Gasteiger partial charge in [0.05, 0.1) is 7.11 Å². The Hall–Kier alpha value is -2.85. The van der Waals surface area contributed by atoms with E-state index in [-0.39, 0.29) is 11.0 Å². The Morgan fingerprint density at radius 3 is 1.60 bits per heavy atom. The summed E-state index contributed by atoms with van der Waals surface area (Å²) in [5, 5.41) is 2.36. The minimum absolute atomic E-state index is 0.130. The van der Waals surface area contributed by atoms with E-state index < -0.39 is 30.3 Å². The molecule has 6 heteroatoms. The van der Waals surface area contributed by atoms with Gasteiger partial charge in [-0.3, -0.25) is 0 Å². The molecule has 0 unspecified atom stereocenters. The number of methoxy groups -OCH3 is 1. The van der Waals surface area contributed by atoms with Gasteiger partial charge in [0.2, 0.25) is 0 Å². The second-order valence-corrected chi connectivity index (χ2v) is 28.9. The maximum Gasteiger partial charge on any atom is 0.261 e. The monoisotopic (exact) mass is 724 g/mol. The Kier molecular flexibility index (Phi) is 15.5. The van der Waals surface area contributed by atoms with Crippen molar-refractivity contribution in [1.29, 1.82) is 0 Å². The van der Waals surface area contributed by atoms with E-state index in [4.69, 9.17) is 20.0 Å². The van der Waals surface area contributed by atoms with Crippen molar-refractivity contribution in [2.45, 2.75) is 122 Å². The highest BCUT2D eigenvalue weighted by molar-refractivity contribution is 6.99. The van der Waals surface area contributed by atoms with Crippen LogP contribution in [-0.2, 0) is 15.3 Å². The lowest BCUT2D eigenvalue weighted by Crippen LogP contribution is -2.67. The first-order valence-electron chi connectivity index (χ1n) is 19.0. The second kappa shape index (κ2) is 18.6. The van der Waals surface area contributed by atoms with Crippen LogP contribution in [-0.4, -0.2) is 44.0 Å². The molecule has 0 radical (unpaired) electrons. The predicted octanol–water partition coefficient (Wildman–Crippen LogP) is 10.3. The standard InChI is InChI=1S/C44H64O3Si3/c1-12-44(47-49(16-5,17-6)18-7,34-25-35-48(13-2,14-3)15-4)39(36-38-30-32-40(45-11)33-31-38)37-46-50(43(8,9)10,41-26-21-19-22-27-41)42-28-23-20-24-29-42/h1,19-24,26-33,39H,13-18,34,36-37H2,2-11H3/t39-,44+/m0/s1. The van der Waals surface area contributed by atoms with Gasteiger partial charge in [-0.1, -0.05) is 141 Å². The molecule has 0 saturated heterocycles. The quantitative estimate of drug-likeness (QED) is 0.0966. The molecule has 3 aromatic carbocycles. The van der Waals surface area contributed by atoms with Gasteiger partial charge in [0.1, 0.15) is 19.4 Å². The fourth-order valence-electron chi connectivity index (χ4n) is 7.58. The summed E-state index contributed by atoms with van der Waals surface area (Å²) in [6.07, 6.45) is 8.03. The molecule has 0 aliphatic carbocycles. The van der Waals surface area contributed by atoms with Crippen molar-refractivity contribution in [2.75, 3.05) is 13.7 Å². The summed E-state index contributed by atoms with van der Waals surface area (Å²) in [5.41, 5.74) is 4.16. The van der Waals surface area contributed by atoms with Crippen LogP contribution in [0.5, 0.6) is 5.75 Å². The Morgan fingerprint density at radius 1 is 0.700 bits per heavy atom. The van der Waals surface area contributed by atoms with E-state index in [1.165, 1.54) is 15.9 Å². The lowest BCUT2D eigenvalue weighted by Gasteiger charge is -2.47. The summed E-state index contributed by atoms with van der Waals surface area (Å²) >= 11 is 0. The topological polar surface area (TPSA) is 27.7 Å². The van der Waals surface area contributed by atoms with Crippen molar-refractivity contribution in [2.24, 2.45) is 5.92 Å². The van der Waals surface area contributed by atoms with Crippen molar-refractivity contribution in [3.8, 4) is 29.6 Å². The van der Waals surface area contributed by atoms with E-state index in [2.05, 4.69) is 152 Å². The van der Waals surface area contributed by atoms with Crippen LogP contribution in [0.3, 0.4) is 0 Å². The smallest absolute Gasteiger partial charge is 0.261 e. The molecule has 0 aliphatic heterocycles. The van der Waals surface area contributed by atoms with Crippen molar-refractivity contribution in [3.05, 3.63) is 90.5 Å². The second-order valence-electron chi connectivity index (χ2n) is 14.9. The van der Waals surface area contributed by atoms with Gasteiger partial charge in [-0.15, -0.1) is 17.9 Å². The zero-order valence-electron chi connectivity index (χ0n) is 32.8. The van der Waals surface area contributed by atoms with E-state index in [1.807, 2.05) is 12.1 Å². The molecule has 0 N–H and O–H groups in total. The Morgan fingerprint density at radius 2 is 1.20 bits per heavy atom. The van der Waals surface area contributed by atoms with Crippen molar-refractivity contribution >= 4 is 35.1 Å². The van der Waals surface area contributed by atoms with E-state index in [9.17, 15) is 0 Å². The first-order valence-corrected chi connectivity index (χ1v) is 26.0. The van der Waals surface area contributed by atoms with Crippen LogP contribution in [0, 0.1) is 29.7 Å². The number of hydrogen-bond donors (Lipinski definition) is 0. The van der Waals surface area contributed by atoms with Gasteiger partial charge in [-0.05, 0) is 75.8 Å². The molecule has 0 bridgehead atoms. The van der Waals surface area contributed by atoms with Gasteiger partial charge in [-0.25, -0.2) is 0 Å². The van der Waals surface area contributed by atoms with Crippen LogP contribution in [0.4, 0.5) is 0 Å². The third-order valence-electron chi connectivity index (χ3n) is 11.5. The average molecular weight is 725 g/mol. The van der Waals surface area contributed by atoms with Crippen LogP contribution in [0.2, 0.25) is 41.3 Å². The lowest BCUT2D eigenvalue weighted by molar-refractivity contribution is 0.0292. The van der Waals surface area contributed by atoms with E-state index in [1.54, 1.807) is 7.11 Å². The average Bonchev–Trinajstić information content (AvgIpc) is 3.15. The molecule has 0 saturated carbocycles. The number of ether oxygens (including phenoxy) is 1. The molecule has 0 spiro atoms. The molecule has 270 valence electrons. The van der Waals surface area contributed by atoms with Crippen LogP contribution < -0.4 is 15.1 Å². The van der Waals surface area contributed by atoms with E-state index in [0.29, 0.717) is 19.4 Å². The highest BCUT2D eigenvalue weighted by Crippen LogP contribution is 2.41. The summed E-state index contributed by atoms with van der Waals surface area (Å²) in [4.78, 5) is 0. The summed E-state index contributed by atoms with van der Waals surface area (Å²) in [5.74, 6) is 7.80. The zero-order valence-corrected chi connectivity index (χ0v) is 35.8. The number of terminal acetylenes is 1. The summed E-state index contributed by atoms with van der Waals surface area (Å²) in [7, 11) is -5.05. The van der Waals surface area contributed by atoms with Gasteiger partial charge >= 0.3 is 0 Å². The molecular weight excluding hydrogens is 661 g/mol. The first kappa shape index (κ1) is 41.6. The highest BCUT2D eigenvalue weighted by atomic mass is 28.4. The van der Waals surface area contributed by atoms with Crippen LogP contribution in [0.15, 0.2) is 84.9 Å². The third kappa shape index (κ3) is 9.32. The Balaban J connectivity index is 2.31. The molecule has 2 atom stereocenters. The minimum atomic E-state index is -2.86. The van der Waals surface area contributed by atoms with Gasteiger partial charge in [0, 0.05) is 18.9 Å². The molecule has 50 heavy (non-hydrogen) atoms. The number of hydrogen-bond acceptors (Lipinski definition) is 3. The first-order chi connectivity index (χ1) is 23.9. The third-order valence-corrected chi connectivity index (χ3v) is 26.0. The Labute approximate surface area is 309 Å². The molecule has 0 aliphatic rings. The maximum absolute atomic E-state index is 7.69. The molecule has 0 fully saturated rings. The predicted molar refractivity (Wildman–Crippen MR) is 223 cm³/mol. The van der Waals surface area contributed by atoms with E-state index in [0.717, 1.165) is 42.0 Å². The maximum atomic E-state index is 7.69. The zero-order chi connectivity index (χ0) is 36.9. The molecular formula is C44H64O3Si3. The molecule has 3 aromatic rings. The van der Waals surface area contributed by atoms with Gasteiger partial charge in [0.15, 0.2) is 8.32 Å². The van der Waals surface area contributed by atoms with Gasteiger partial charge < -0.3 is 13.6 Å². The Bertz CT molecular complexity index is 1480. The van der Waals surface area contributed by atoms with Crippen molar-refractivity contribution in [1.82, 2.24) is 0 Å². The van der Waals surface area contributed by atoms with Gasteiger partial charge in [-0.2, -0.15) is 0 Å². The fraction of sp³-hybridized carbons (Fsp3) is 0.500. The van der Waals surface area contributed by atoms with E-state index >= 15 is 0 Å². The minimum Gasteiger partial charge on any atom is -0.497 e. The van der Waals surface area contributed by atoms with Crippen LogP contribution in [0.1, 0.15) is 74.3 Å². The summed E-state index contributed by atoms with van der Waals surface area (Å²) in [6.45, 7) is 21.3. The molecule has 3 nitrogen and oxygen atoms in total. The number of rotatable bonds is 18. The van der Waals surface area contributed by atoms with Crippen LogP contribution >= 0.6 is 0 Å². The van der Waals surface area contributed by atoms with Crippen LogP contribution in [0.25, 0.3) is 0 Å². The molecule has 3 rings (SSSR count). The molecule has 0 amide bonds. The van der Waals surface area contributed by atoms with Crippen molar-refractivity contribution < 1.29 is 13.6 Å². The van der Waals surface area contributed by atoms with Crippen molar-refractivity contribution in [3.63, 3.8) is 0 Å². The lowest BCUT2D eigenvalue weighted by atomic mass is 9.81. The summed E-state index contributed by atoms with van der Waals surface area (Å²) < 4.78 is 20.8. The highest BCUT2D eigenvalue weighted by Gasteiger charge is 2.52. The molecule has 0 heterocycles. The summed E-state index contributed by atoms with van der Waals surface area (Å²) in [6, 6.07) is 36.7.